The number of ether oxygens (including phenoxy) is 1. The van der Waals surface area contributed by atoms with E-state index in [4.69, 9.17) is 4.74 Å². The number of nitrogens with zero attached hydrogens (tertiary/aromatic N) is 5. The van der Waals surface area contributed by atoms with Crippen LogP contribution in [0.15, 0.2) is 67.0 Å². The van der Waals surface area contributed by atoms with Crippen molar-refractivity contribution in [2.75, 3.05) is 20.2 Å². The van der Waals surface area contributed by atoms with Gasteiger partial charge in [-0.05, 0) is 67.1 Å². The van der Waals surface area contributed by atoms with E-state index < -0.39 is 47.7 Å². The predicted molar refractivity (Wildman–Crippen MR) is 191 cm³/mol. The molecule has 6 rings (SSSR count). The predicted octanol–water partition coefficient (Wildman–Crippen LogP) is 2.06. The molecule has 0 fully saturated rings. The Morgan fingerprint density at radius 2 is 1.71 bits per heavy atom. The Morgan fingerprint density at radius 3 is 2.40 bits per heavy atom. The smallest absolute Gasteiger partial charge is 0.293 e. The third-order valence-corrected chi connectivity index (χ3v) is 9.10. The average Bonchev–Trinajstić information content (AvgIpc) is 3.60. The highest BCUT2D eigenvalue weighted by Gasteiger charge is 2.31. The summed E-state index contributed by atoms with van der Waals surface area (Å²) in [6, 6.07) is 12.7. The summed E-state index contributed by atoms with van der Waals surface area (Å²) in [5.74, 6) is -1.67. The summed E-state index contributed by atoms with van der Waals surface area (Å²) in [4.78, 5) is 77.8. The largest absolute Gasteiger partial charge is 0.497 e. The second-order valence-corrected chi connectivity index (χ2v) is 12.9. The molecule has 0 saturated heterocycles. The molecule has 4 atom stereocenters. The molecule has 1 unspecified atom stereocenters. The van der Waals surface area contributed by atoms with Crippen LogP contribution in [0.1, 0.15) is 72.1 Å². The highest BCUT2D eigenvalue weighted by atomic mass is 16.5. The lowest BCUT2D eigenvalue weighted by atomic mass is 9.96. The first-order valence-electron chi connectivity index (χ1n) is 17.4. The van der Waals surface area contributed by atoms with Gasteiger partial charge in [0.1, 0.15) is 23.9 Å². The minimum atomic E-state index is -1.05. The van der Waals surface area contributed by atoms with Crippen molar-refractivity contribution in [1.29, 1.82) is 0 Å². The first-order chi connectivity index (χ1) is 25.1. The number of aromatic nitrogens is 4. The number of amides is 5. The third kappa shape index (κ3) is 9.47. The molecule has 4 heterocycles. The number of methoxy groups -OCH3 is 1. The van der Waals surface area contributed by atoms with E-state index in [9.17, 15) is 24.0 Å². The van der Waals surface area contributed by atoms with Gasteiger partial charge in [0.15, 0.2) is 0 Å². The second-order valence-electron chi connectivity index (χ2n) is 12.9. The molecular weight excluding hydrogens is 666 g/mol. The zero-order valence-corrected chi connectivity index (χ0v) is 29.8. The van der Waals surface area contributed by atoms with Gasteiger partial charge in [-0.15, -0.1) is 5.10 Å². The van der Waals surface area contributed by atoms with Gasteiger partial charge in [0.2, 0.25) is 23.5 Å². The lowest BCUT2D eigenvalue weighted by Crippen LogP contribution is -2.58. The van der Waals surface area contributed by atoms with Crippen molar-refractivity contribution in [3.63, 3.8) is 0 Å². The number of benzene rings is 2. The molecule has 15 nitrogen and oxygen atoms in total. The van der Waals surface area contributed by atoms with Crippen molar-refractivity contribution in [1.82, 2.24) is 45.7 Å². The van der Waals surface area contributed by atoms with E-state index in [2.05, 4.69) is 36.3 Å². The quantitative estimate of drug-likeness (QED) is 0.217. The van der Waals surface area contributed by atoms with Crippen molar-refractivity contribution in [3.8, 4) is 5.75 Å². The van der Waals surface area contributed by atoms with Gasteiger partial charge < -0.3 is 30.9 Å². The van der Waals surface area contributed by atoms with Crippen LogP contribution in [0.2, 0.25) is 0 Å². The fourth-order valence-corrected chi connectivity index (χ4v) is 5.77. The molecule has 15 heteroatoms. The Kier molecular flexibility index (Phi) is 12.5. The maximum atomic E-state index is 13.8. The number of nitrogens with one attached hydrogen (secondary N) is 4. The molecule has 2 bridgehead atoms. The van der Waals surface area contributed by atoms with E-state index in [1.165, 1.54) is 4.52 Å². The molecule has 4 aromatic rings. The van der Waals surface area contributed by atoms with Crippen LogP contribution in [0.25, 0.3) is 5.78 Å². The normalized spacial score (nSPS) is 20.2. The minimum Gasteiger partial charge on any atom is -0.497 e. The molecule has 2 aliphatic heterocycles. The first kappa shape index (κ1) is 37.4. The minimum absolute atomic E-state index is 0.00209. The van der Waals surface area contributed by atoms with Crippen LogP contribution in [0, 0.1) is 5.92 Å². The number of fused-ring (bicyclic) bond motifs is 19. The molecule has 0 spiro atoms. The number of hydrogen-bond acceptors (Lipinski definition) is 9. The third-order valence-electron chi connectivity index (χ3n) is 9.10. The Hall–Kier alpha value is -5.86. The Labute approximate surface area is 301 Å². The maximum absolute atomic E-state index is 13.8. The molecule has 2 aliphatic rings. The van der Waals surface area contributed by atoms with Gasteiger partial charge in [-0.3, -0.25) is 24.0 Å². The number of hydrogen-bond donors (Lipinski definition) is 4. The fourth-order valence-electron chi connectivity index (χ4n) is 5.77. The Balaban J connectivity index is 1.40. The summed E-state index contributed by atoms with van der Waals surface area (Å²) >= 11 is 0. The van der Waals surface area contributed by atoms with E-state index in [-0.39, 0.29) is 24.7 Å². The SMILES string of the molecule is CC[C@H](C)C1NC(=O)c2ccc(cc2)CN(C(=O)c2nc3ncccn3n2)CCCCNC(=O)[C@@H](C)NC(=O)[C@H](Cc2ccc(OC)cc2)NC1=O. The molecule has 0 aliphatic carbocycles. The van der Waals surface area contributed by atoms with Crippen LogP contribution < -0.4 is 26.0 Å². The summed E-state index contributed by atoms with van der Waals surface area (Å²) in [7, 11) is 1.55. The van der Waals surface area contributed by atoms with Crippen LogP contribution in [-0.4, -0.2) is 92.3 Å². The lowest BCUT2D eigenvalue weighted by molar-refractivity contribution is -0.132. The molecule has 52 heavy (non-hydrogen) atoms. The van der Waals surface area contributed by atoms with E-state index in [1.54, 1.807) is 85.9 Å². The Bertz CT molecular complexity index is 1850. The molecule has 0 radical (unpaired) electrons. The van der Waals surface area contributed by atoms with Gasteiger partial charge in [-0.2, -0.15) is 4.98 Å². The van der Waals surface area contributed by atoms with Gasteiger partial charge in [-0.1, -0.05) is 44.5 Å². The standard InChI is InChI=1S/C37H45N9O6/c1-5-23(2)30-35(50)41-29(21-25-11-15-28(52-4)16-12-25)34(49)40-24(3)32(47)38-17-6-7-19-45(22-26-9-13-27(14-10-26)33(48)42-30)36(51)31-43-37-39-18-8-20-46(37)44-31/h8-16,18,20,23-24,29-30H,5-7,17,19,21-22H2,1-4H3,(H,38,47)(H,40,49)(H,41,50)(H,42,48)/t23-,24+,29-,30?/m0/s1. The van der Waals surface area contributed by atoms with Crippen molar-refractivity contribution in [2.45, 2.75) is 71.1 Å². The molecule has 4 N–H and O–H groups in total. The van der Waals surface area contributed by atoms with E-state index in [0.29, 0.717) is 49.4 Å². The van der Waals surface area contributed by atoms with Gasteiger partial charge in [0.25, 0.3) is 17.6 Å². The van der Waals surface area contributed by atoms with Gasteiger partial charge in [-0.25, -0.2) is 9.50 Å². The second kappa shape index (κ2) is 17.4. The molecule has 0 saturated carbocycles. The highest BCUT2D eigenvalue weighted by molar-refractivity contribution is 5.99. The van der Waals surface area contributed by atoms with Gasteiger partial charge in [0, 0.05) is 44.0 Å². The highest BCUT2D eigenvalue weighted by Crippen LogP contribution is 2.16. The Morgan fingerprint density at radius 1 is 0.962 bits per heavy atom. The first-order valence-corrected chi connectivity index (χ1v) is 17.4. The van der Waals surface area contributed by atoms with Crippen molar-refractivity contribution in [2.24, 2.45) is 5.92 Å². The van der Waals surface area contributed by atoms with Crippen LogP contribution >= 0.6 is 0 Å². The van der Waals surface area contributed by atoms with Gasteiger partial charge >= 0.3 is 0 Å². The zero-order valence-electron chi connectivity index (χ0n) is 29.8. The maximum Gasteiger partial charge on any atom is 0.293 e. The average molecular weight is 712 g/mol. The molecule has 2 aromatic heterocycles. The summed E-state index contributed by atoms with van der Waals surface area (Å²) in [6.45, 7) is 6.18. The monoisotopic (exact) mass is 711 g/mol. The van der Waals surface area contributed by atoms with Gasteiger partial charge in [0.05, 0.1) is 7.11 Å². The fraction of sp³-hybridized carbons (Fsp3) is 0.405. The zero-order chi connectivity index (χ0) is 37.2. The summed E-state index contributed by atoms with van der Waals surface area (Å²) in [5, 5.41) is 15.6. The molecule has 2 aromatic carbocycles. The van der Waals surface area contributed by atoms with E-state index in [0.717, 1.165) is 11.1 Å². The van der Waals surface area contributed by atoms with Crippen molar-refractivity contribution >= 4 is 35.3 Å². The molecule has 274 valence electrons. The summed E-state index contributed by atoms with van der Waals surface area (Å²) in [6.07, 6.45) is 5.02. The van der Waals surface area contributed by atoms with Crippen LogP contribution in [0.4, 0.5) is 0 Å². The lowest BCUT2D eigenvalue weighted by Gasteiger charge is -2.27. The topological polar surface area (TPSA) is 189 Å². The van der Waals surface area contributed by atoms with Crippen LogP contribution in [-0.2, 0) is 27.3 Å². The molecule has 5 amide bonds. The van der Waals surface area contributed by atoms with E-state index >= 15 is 0 Å². The van der Waals surface area contributed by atoms with E-state index in [1.807, 2.05) is 13.8 Å². The van der Waals surface area contributed by atoms with Crippen molar-refractivity contribution < 1.29 is 28.7 Å². The van der Waals surface area contributed by atoms with Crippen LogP contribution in [0.3, 0.4) is 0 Å². The number of rotatable bonds is 6. The molecular formula is C37H45N9O6. The number of carbonyl (C=O) groups is 5. The summed E-state index contributed by atoms with van der Waals surface area (Å²) in [5.41, 5.74) is 1.85. The summed E-state index contributed by atoms with van der Waals surface area (Å²) < 4.78 is 6.68. The number of carbonyl (C=O) groups excluding carboxylic acids is 5. The van der Waals surface area contributed by atoms with Crippen LogP contribution in [0.5, 0.6) is 5.75 Å². The van der Waals surface area contributed by atoms with Crippen molar-refractivity contribution in [3.05, 3.63) is 89.5 Å².